The zero-order valence-corrected chi connectivity index (χ0v) is 12.6. The molecule has 94 valence electrons. The second-order valence-electron chi connectivity index (χ2n) is 5.19. The minimum Gasteiger partial charge on any atom is -0.319 e. The van der Waals surface area contributed by atoms with Crippen molar-refractivity contribution in [1.82, 2.24) is 10.2 Å². The molecule has 4 heteroatoms. The van der Waals surface area contributed by atoms with Crippen molar-refractivity contribution in [2.75, 3.05) is 20.1 Å². The van der Waals surface area contributed by atoms with Crippen molar-refractivity contribution in [2.45, 2.75) is 31.3 Å². The first-order valence-electron chi connectivity index (χ1n) is 6.44. The number of rotatable bonds is 4. The molecule has 0 spiro atoms. The molecule has 1 aromatic rings. The van der Waals surface area contributed by atoms with Gasteiger partial charge in [-0.25, -0.2) is 0 Å². The van der Waals surface area contributed by atoms with Crippen LogP contribution in [0.1, 0.15) is 30.2 Å². The zero-order valence-electron chi connectivity index (χ0n) is 10.2. The fourth-order valence-corrected chi connectivity index (χ4v) is 4.71. The van der Waals surface area contributed by atoms with Gasteiger partial charge in [0.2, 0.25) is 0 Å². The minimum atomic E-state index is 0.659. The summed E-state index contributed by atoms with van der Waals surface area (Å²) >= 11 is 5.50. The highest BCUT2D eigenvalue weighted by molar-refractivity contribution is 9.10. The van der Waals surface area contributed by atoms with Crippen LogP contribution < -0.4 is 5.32 Å². The van der Waals surface area contributed by atoms with Crippen molar-refractivity contribution in [1.29, 1.82) is 0 Å². The zero-order chi connectivity index (χ0) is 11.8. The molecular formula is C13H19BrN2S. The normalized spacial score (nSPS) is 30.0. The molecular weight excluding hydrogens is 296 g/mol. The van der Waals surface area contributed by atoms with Crippen molar-refractivity contribution in [2.24, 2.45) is 5.92 Å². The van der Waals surface area contributed by atoms with Gasteiger partial charge in [0.15, 0.2) is 0 Å². The summed E-state index contributed by atoms with van der Waals surface area (Å²) in [4.78, 5) is 4.29. The molecule has 0 amide bonds. The Morgan fingerprint density at radius 1 is 1.47 bits per heavy atom. The van der Waals surface area contributed by atoms with Crippen molar-refractivity contribution in [3.8, 4) is 0 Å². The molecule has 2 aliphatic rings. The molecule has 3 rings (SSSR count). The maximum atomic E-state index is 3.59. The van der Waals surface area contributed by atoms with E-state index < -0.39 is 0 Å². The highest BCUT2D eigenvalue weighted by atomic mass is 79.9. The maximum Gasteiger partial charge on any atom is 0.0485 e. The molecule has 1 saturated heterocycles. The van der Waals surface area contributed by atoms with E-state index in [-0.39, 0.29) is 0 Å². The van der Waals surface area contributed by atoms with Gasteiger partial charge in [-0.15, -0.1) is 11.3 Å². The Morgan fingerprint density at radius 3 is 2.88 bits per heavy atom. The number of hydrogen-bond donors (Lipinski definition) is 1. The maximum absolute atomic E-state index is 3.59. The smallest absolute Gasteiger partial charge is 0.0485 e. The van der Waals surface area contributed by atoms with Crippen LogP contribution in [0.5, 0.6) is 0 Å². The molecule has 2 fully saturated rings. The lowest BCUT2D eigenvalue weighted by atomic mass is 9.99. The van der Waals surface area contributed by atoms with Gasteiger partial charge in [-0.3, -0.25) is 4.90 Å². The summed E-state index contributed by atoms with van der Waals surface area (Å²) in [7, 11) is 2.07. The summed E-state index contributed by atoms with van der Waals surface area (Å²) in [5.74, 6) is 0.783. The van der Waals surface area contributed by atoms with Crippen LogP contribution in [0.25, 0.3) is 0 Å². The van der Waals surface area contributed by atoms with E-state index in [0.29, 0.717) is 6.04 Å². The predicted molar refractivity (Wildman–Crippen MR) is 76.5 cm³/mol. The van der Waals surface area contributed by atoms with E-state index in [0.717, 1.165) is 18.5 Å². The molecule has 0 bridgehead atoms. The lowest BCUT2D eigenvalue weighted by Crippen LogP contribution is -2.30. The van der Waals surface area contributed by atoms with Crippen molar-refractivity contribution >= 4 is 27.3 Å². The van der Waals surface area contributed by atoms with Gasteiger partial charge in [0.05, 0.1) is 0 Å². The fourth-order valence-electron chi connectivity index (χ4n) is 3.05. The van der Waals surface area contributed by atoms with Gasteiger partial charge >= 0.3 is 0 Å². The quantitative estimate of drug-likeness (QED) is 0.917. The molecule has 1 aliphatic heterocycles. The number of nitrogens with zero attached hydrogens (tertiary/aromatic N) is 1. The van der Waals surface area contributed by atoms with E-state index in [1.54, 1.807) is 4.88 Å². The summed E-state index contributed by atoms with van der Waals surface area (Å²) in [6, 6.07) is 3.85. The van der Waals surface area contributed by atoms with Gasteiger partial charge in [0.25, 0.3) is 0 Å². The van der Waals surface area contributed by atoms with Gasteiger partial charge < -0.3 is 5.32 Å². The van der Waals surface area contributed by atoms with Crippen molar-refractivity contribution in [3.63, 3.8) is 0 Å². The number of likely N-dealkylation sites (tertiary alicyclic amines) is 1. The van der Waals surface area contributed by atoms with Crippen LogP contribution in [-0.2, 0) is 0 Å². The second kappa shape index (κ2) is 5.00. The summed E-state index contributed by atoms with van der Waals surface area (Å²) in [6.07, 6.45) is 4.17. The van der Waals surface area contributed by atoms with Crippen LogP contribution >= 0.6 is 27.3 Å². The molecule has 1 aromatic heterocycles. The number of nitrogens with one attached hydrogen (secondary N) is 1. The van der Waals surface area contributed by atoms with Gasteiger partial charge in [0, 0.05) is 26.8 Å². The van der Waals surface area contributed by atoms with E-state index in [2.05, 4.69) is 44.6 Å². The number of thiophene rings is 1. The number of halogens is 1. The van der Waals surface area contributed by atoms with Crippen LogP contribution in [-0.4, -0.2) is 31.1 Å². The van der Waals surface area contributed by atoms with Crippen LogP contribution in [0.15, 0.2) is 15.9 Å². The first-order chi connectivity index (χ1) is 8.29. The topological polar surface area (TPSA) is 15.3 Å². The van der Waals surface area contributed by atoms with Crippen LogP contribution in [0.3, 0.4) is 0 Å². The first-order valence-corrected chi connectivity index (χ1v) is 8.11. The molecule has 2 unspecified atom stereocenters. The Hall–Kier alpha value is 0.1000. The molecule has 0 aromatic carbocycles. The lowest BCUT2D eigenvalue weighted by molar-refractivity contribution is 0.221. The fraction of sp³-hybridized carbons (Fsp3) is 0.692. The second-order valence-corrected chi connectivity index (χ2v) is 7.05. The van der Waals surface area contributed by atoms with Gasteiger partial charge in [0.1, 0.15) is 0 Å². The van der Waals surface area contributed by atoms with E-state index in [4.69, 9.17) is 0 Å². The standard InChI is InChI=1S/C13H19BrN2S/c1-15-7-9-4-5-16(11-2-3-11)13(9)12-6-10(14)8-17-12/h6,8-9,11,13,15H,2-5,7H2,1H3. The Bertz CT molecular complexity index is 389. The largest absolute Gasteiger partial charge is 0.319 e. The average molecular weight is 315 g/mol. The molecule has 2 atom stereocenters. The third-order valence-electron chi connectivity index (χ3n) is 3.92. The predicted octanol–water partition coefficient (Wildman–Crippen LogP) is 3.26. The Kier molecular flexibility index (Phi) is 3.57. The van der Waals surface area contributed by atoms with Crippen LogP contribution in [0.4, 0.5) is 0 Å². The van der Waals surface area contributed by atoms with Crippen molar-refractivity contribution in [3.05, 3.63) is 20.8 Å². The van der Waals surface area contributed by atoms with E-state index in [1.807, 2.05) is 11.3 Å². The summed E-state index contributed by atoms with van der Waals surface area (Å²) in [5, 5.41) is 5.58. The summed E-state index contributed by atoms with van der Waals surface area (Å²) in [6.45, 7) is 2.43. The Balaban J connectivity index is 1.83. The third kappa shape index (κ3) is 2.46. The van der Waals surface area contributed by atoms with Gasteiger partial charge in [-0.1, -0.05) is 0 Å². The molecule has 1 saturated carbocycles. The third-order valence-corrected chi connectivity index (χ3v) is 5.69. The monoisotopic (exact) mass is 314 g/mol. The lowest BCUT2D eigenvalue weighted by Gasteiger charge is -2.27. The van der Waals surface area contributed by atoms with Gasteiger partial charge in [-0.05, 0) is 67.3 Å². The molecule has 2 heterocycles. The number of hydrogen-bond acceptors (Lipinski definition) is 3. The van der Waals surface area contributed by atoms with Crippen molar-refractivity contribution < 1.29 is 0 Å². The van der Waals surface area contributed by atoms with E-state index in [1.165, 1.54) is 30.3 Å². The molecule has 2 nitrogen and oxygen atoms in total. The van der Waals surface area contributed by atoms with E-state index >= 15 is 0 Å². The van der Waals surface area contributed by atoms with E-state index in [9.17, 15) is 0 Å². The first kappa shape index (κ1) is 12.2. The van der Waals surface area contributed by atoms with Gasteiger partial charge in [-0.2, -0.15) is 0 Å². The van der Waals surface area contributed by atoms with Crippen LogP contribution in [0.2, 0.25) is 0 Å². The SMILES string of the molecule is CNCC1CCN(C2CC2)C1c1cc(Br)cs1. The molecule has 0 radical (unpaired) electrons. The Labute approximate surface area is 116 Å². The van der Waals surface area contributed by atoms with Crippen LogP contribution in [0, 0.1) is 5.92 Å². The molecule has 1 aliphatic carbocycles. The molecule has 1 N–H and O–H groups in total. The Morgan fingerprint density at radius 2 is 2.29 bits per heavy atom. The molecule has 17 heavy (non-hydrogen) atoms. The highest BCUT2D eigenvalue weighted by Gasteiger charge is 2.42. The highest BCUT2D eigenvalue weighted by Crippen LogP contribution is 2.45. The summed E-state index contributed by atoms with van der Waals surface area (Å²) in [5.41, 5.74) is 0. The summed E-state index contributed by atoms with van der Waals surface area (Å²) < 4.78 is 1.24. The average Bonchev–Trinajstić information content (AvgIpc) is 2.94. The minimum absolute atomic E-state index is 0.659.